The quantitative estimate of drug-likeness (QED) is 0.756. The summed E-state index contributed by atoms with van der Waals surface area (Å²) in [5.41, 5.74) is -0.348. The number of anilines is 1. The number of hydrogen-bond donors (Lipinski definition) is 3. The lowest BCUT2D eigenvalue weighted by Gasteiger charge is -2.17. The number of carboxylic acid groups (broad SMARTS) is 1. The van der Waals surface area contributed by atoms with E-state index < -0.39 is 17.8 Å². The van der Waals surface area contributed by atoms with Crippen LogP contribution in [0.2, 0.25) is 0 Å². The topological polar surface area (TPSA) is 78.4 Å². The van der Waals surface area contributed by atoms with E-state index >= 15 is 0 Å². The highest BCUT2D eigenvalue weighted by molar-refractivity contribution is 5.95. The Balaban J connectivity index is 2.12. The maximum atomic E-state index is 13.7. The molecule has 0 heterocycles. The molecule has 1 unspecified atom stereocenters. The average molecular weight is 266 g/mol. The van der Waals surface area contributed by atoms with Crippen molar-refractivity contribution in [2.24, 2.45) is 0 Å². The molecule has 19 heavy (non-hydrogen) atoms. The van der Waals surface area contributed by atoms with Crippen LogP contribution in [0, 0.1) is 5.82 Å². The number of para-hydroxylation sites is 1. The standard InChI is InChI=1S/C13H15FN2O3/c1-7(12(17)16-8-5-6-8)15-11-9(13(18)19)3-2-4-10(11)14/h2-4,7-8,15H,5-6H2,1H3,(H,16,17)(H,18,19). The SMILES string of the molecule is CC(Nc1c(F)cccc1C(=O)O)C(=O)NC1CC1. The Morgan fingerprint density at radius 1 is 1.42 bits per heavy atom. The van der Waals surface area contributed by atoms with E-state index in [1.807, 2.05) is 0 Å². The molecule has 1 saturated carbocycles. The van der Waals surface area contributed by atoms with Crippen LogP contribution in [0.4, 0.5) is 10.1 Å². The first kappa shape index (κ1) is 13.3. The molecular formula is C13H15FN2O3. The molecule has 1 aromatic rings. The molecular weight excluding hydrogens is 251 g/mol. The Morgan fingerprint density at radius 3 is 2.68 bits per heavy atom. The zero-order chi connectivity index (χ0) is 14.0. The first-order valence-corrected chi connectivity index (χ1v) is 6.07. The van der Waals surface area contributed by atoms with Crippen LogP contribution in [0.5, 0.6) is 0 Å². The molecule has 6 heteroatoms. The van der Waals surface area contributed by atoms with Crippen molar-refractivity contribution in [2.75, 3.05) is 5.32 Å². The molecule has 0 aliphatic heterocycles. The molecule has 5 nitrogen and oxygen atoms in total. The van der Waals surface area contributed by atoms with Gasteiger partial charge in [0.25, 0.3) is 0 Å². The van der Waals surface area contributed by atoms with Gasteiger partial charge < -0.3 is 15.7 Å². The van der Waals surface area contributed by atoms with E-state index in [4.69, 9.17) is 5.11 Å². The third kappa shape index (κ3) is 3.21. The van der Waals surface area contributed by atoms with Crippen molar-refractivity contribution in [3.8, 4) is 0 Å². The summed E-state index contributed by atoms with van der Waals surface area (Å²) in [6, 6.07) is 3.27. The monoisotopic (exact) mass is 266 g/mol. The molecule has 1 fully saturated rings. The second-order valence-electron chi connectivity index (χ2n) is 4.62. The number of nitrogens with one attached hydrogen (secondary N) is 2. The van der Waals surface area contributed by atoms with Gasteiger partial charge in [-0.05, 0) is 31.9 Å². The van der Waals surface area contributed by atoms with Crippen molar-refractivity contribution in [3.63, 3.8) is 0 Å². The van der Waals surface area contributed by atoms with E-state index in [-0.39, 0.29) is 23.2 Å². The Hall–Kier alpha value is -2.11. The van der Waals surface area contributed by atoms with Crippen LogP contribution >= 0.6 is 0 Å². The van der Waals surface area contributed by atoms with Crippen LogP contribution in [-0.2, 0) is 4.79 Å². The summed E-state index contributed by atoms with van der Waals surface area (Å²) in [4.78, 5) is 22.8. The second kappa shape index (κ2) is 5.26. The van der Waals surface area contributed by atoms with Gasteiger partial charge >= 0.3 is 5.97 Å². The van der Waals surface area contributed by atoms with Crippen molar-refractivity contribution in [1.82, 2.24) is 5.32 Å². The summed E-state index contributed by atoms with van der Waals surface area (Å²) in [7, 11) is 0. The summed E-state index contributed by atoms with van der Waals surface area (Å²) in [5, 5.41) is 14.4. The number of hydrogen-bond acceptors (Lipinski definition) is 3. The van der Waals surface area contributed by atoms with Crippen LogP contribution in [0.3, 0.4) is 0 Å². The van der Waals surface area contributed by atoms with Gasteiger partial charge in [0.05, 0.1) is 11.3 Å². The molecule has 0 radical (unpaired) electrons. The molecule has 102 valence electrons. The molecule has 1 aliphatic rings. The highest BCUT2D eigenvalue weighted by Crippen LogP contribution is 2.22. The molecule has 0 aromatic heterocycles. The molecule has 0 spiro atoms. The minimum Gasteiger partial charge on any atom is -0.478 e. The maximum Gasteiger partial charge on any atom is 0.337 e. The minimum absolute atomic E-state index is 0.159. The minimum atomic E-state index is -1.24. The highest BCUT2D eigenvalue weighted by atomic mass is 19.1. The summed E-state index contributed by atoms with van der Waals surface area (Å²) < 4.78 is 13.7. The van der Waals surface area contributed by atoms with Gasteiger partial charge in [0.15, 0.2) is 0 Å². The first-order chi connectivity index (χ1) is 8.99. The molecule has 2 rings (SSSR count). The first-order valence-electron chi connectivity index (χ1n) is 6.07. The van der Waals surface area contributed by atoms with Crippen LogP contribution in [0.15, 0.2) is 18.2 Å². The van der Waals surface area contributed by atoms with Gasteiger partial charge in [-0.15, -0.1) is 0 Å². The normalized spacial score (nSPS) is 15.7. The van der Waals surface area contributed by atoms with Gasteiger partial charge in [-0.2, -0.15) is 0 Å². The molecule has 1 aliphatic carbocycles. The average Bonchev–Trinajstić information content (AvgIpc) is 3.15. The highest BCUT2D eigenvalue weighted by Gasteiger charge is 2.26. The van der Waals surface area contributed by atoms with E-state index in [9.17, 15) is 14.0 Å². The van der Waals surface area contributed by atoms with Crippen LogP contribution in [0.25, 0.3) is 0 Å². The summed E-state index contributed by atoms with van der Waals surface area (Å²) >= 11 is 0. The molecule has 1 atom stereocenters. The lowest BCUT2D eigenvalue weighted by Crippen LogP contribution is -2.39. The van der Waals surface area contributed by atoms with Gasteiger partial charge in [-0.25, -0.2) is 9.18 Å². The van der Waals surface area contributed by atoms with Gasteiger partial charge in [-0.1, -0.05) is 6.07 Å². The van der Waals surface area contributed by atoms with Crippen molar-refractivity contribution >= 4 is 17.6 Å². The van der Waals surface area contributed by atoms with E-state index in [0.29, 0.717) is 0 Å². The number of carbonyl (C=O) groups is 2. The van der Waals surface area contributed by atoms with Crippen LogP contribution < -0.4 is 10.6 Å². The number of rotatable bonds is 5. The predicted molar refractivity (Wildman–Crippen MR) is 67.6 cm³/mol. The summed E-state index contributed by atoms with van der Waals surface area (Å²) in [5.74, 6) is -2.19. The van der Waals surface area contributed by atoms with Gasteiger partial charge in [0.1, 0.15) is 11.9 Å². The molecule has 3 N–H and O–H groups in total. The Labute approximate surface area is 109 Å². The van der Waals surface area contributed by atoms with Crippen LogP contribution in [0.1, 0.15) is 30.1 Å². The van der Waals surface area contributed by atoms with Crippen molar-refractivity contribution < 1.29 is 19.1 Å². The van der Waals surface area contributed by atoms with E-state index in [0.717, 1.165) is 18.9 Å². The molecule has 1 amide bonds. The molecule has 1 aromatic carbocycles. The summed E-state index contributed by atoms with van der Waals surface area (Å²) in [6.45, 7) is 1.57. The lowest BCUT2D eigenvalue weighted by atomic mass is 10.1. The van der Waals surface area contributed by atoms with Crippen molar-refractivity contribution in [1.29, 1.82) is 0 Å². The third-order valence-corrected chi connectivity index (χ3v) is 2.92. The van der Waals surface area contributed by atoms with E-state index in [2.05, 4.69) is 10.6 Å². The van der Waals surface area contributed by atoms with Gasteiger partial charge in [-0.3, -0.25) is 4.79 Å². The third-order valence-electron chi connectivity index (χ3n) is 2.92. The Bertz CT molecular complexity index is 515. The number of amides is 1. The van der Waals surface area contributed by atoms with Crippen LogP contribution in [-0.4, -0.2) is 29.1 Å². The summed E-state index contributed by atoms with van der Waals surface area (Å²) in [6.07, 6.45) is 1.91. The largest absolute Gasteiger partial charge is 0.478 e. The predicted octanol–water partition coefficient (Wildman–Crippen LogP) is 1.60. The number of halogens is 1. The number of carbonyl (C=O) groups excluding carboxylic acids is 1. The van der Waals surface area contributed by atoms with Gasteiger partial charge in [0.2, 0.25) is 5.91 Å². The number of aromatic carboxylic acids is 1. The lowest BCUT2D eigenvalue weighted by molar-refractivity contribution is -0.121. The second-order valence-corrected chi connectivity index (χ2v) is 4.62. The Kier molecular flexibility index (Phi) is 3.69. The van der Waals surface area contributed by atoms with E-state index in [1.54, 1.807) is 6.92 Å². The van der Waals surface area contributed by atoms with E-state index in [1.165, 1.54) is 12.1 Å². The number of benzene rings is 1. The molecule has 0 bridgehead atoms. The Morgan fingerprint density at radius 2 is 2.11 bits per heavy atom. The maximum absolute atomic E-state index is 13.7. The fraction of sp³-hybridized carbons (Fsp3) is 0.385. The van der Waals surface area contributed by atoms with Crippen molar-refractivity contribution in [2.45, 2.75) is 31.8 Å². The fourth-order valence-electron chi connectivity index (χ4n) is 1.68. The van der Waals surface area contributed by atoms with Crippen molar-refractivity contribution in [3.05, 3.63) is 29.6 Å². The zero-order valence-electron chi connectivity index (χ0n) is 10.4. The number of carboxylic acids is 1. The zero-order valence-corrected chi connectivity index (χ0v) is 10.4. The van der Waals surface area contributed by atoms with Gasteiger partial charge in [0, 0.05) is 6.04 Å². The fourth-order valence-corrected chi connectivity index (χ4v) is 1.68. The smallest absolute Gasteiger partial charge is 0.337 e. The molecule has 0 saturated heterocycles.